The molecule has 112 valence electrons. The molecular formula is C15H12N2O5. The molecule has 22 heavy (non-hydrogen) atoms. The molecule has 1 aromatic heterocycles. The zero-order valence-corrected chi connectivity index (χ0v) is 12.0. The quantitative estimate of drug-likeness (QED) is 0.788. The fraction of sp³-hybridized carbons (Fsp3) is 0.200. The van der Waals surface area contributed by atoms with Crippen molar-refractivity contribution in [1.82, 2.24) is 4.98 Å². The van der Waals surface area contributed by atoms with Crippen LogP contribution in [-0.2, 0) is 14.3 Å². The lowest BCUT2D eigenvalue weighted by molar-refractivity contribution is -0.142. The number of aromatic nitrogens is 1. The first kappa shape index (κ1) is 15.3. The normalized spacial score (nSPS) is 9.86. The molecule has 0 saturated heterocycles. The van der Waals surface area contributed by atoms with E-state index in [1.54, 1.807) is 18.2 Å². The van der Waals surface area contributed by atoms with Crippen LogP contribution in [0.1, 0.15) is 16.1 Å². The van der Waals surface area contributed by atoms with Crippen LogP contribution in [-0.4, -0.2) is 37.7 Å². The highest BCUT2D eigenvalue weighted by molar-refractivity contribution is 5.96. The van der Waals surface area contributed by atoms with Crippen LogP contribution in [0.25, 0.3) is 10.9 Å². The van der Waals surface area contributed by atoms with Crippen LogP contribution in [0.4, 0.5) is 0 Å². The smallest absolute Gasteiger partial charge is 0.356 e. The number of rotatable bonds is 4. The molecule has 7 heteroatoms. The zero-order chi connectivity index (χ0) is 16.1. The summed E-state index contributed by atoms with van der Waals surface area (Å²) in [5.41, 5.74) is 0.730. The zero-order valence-electron chi connectivity index (χ0n) is 12.0. The van der Waals surface area contributed by atoms with Crippen molar-refractivity contribution < 1.29 is 23.8 Å². The van der Waals surface area contributed by atoms with E-state index in [2.05, 4.69) is 14.5 Å². The third-order valence-corrected chi connectivity index (χ3v) is 2.89. The minimum absolute atomic E-state index is 0.0185. The lowest BCUT2D eigenvalue weighted by Crippen LogP contribution is -2.14. The molecule has 1 heterocycles. The van der Waals surface area contributed by atoms with Crippen molar-refractivity contribution in [3.63, 3.8) is 0 Å². The minimum atomic E-state index is -0.646. The molecule has 0 unspecified atom stereocenters. The Kier molecular flexibility index (Phi) is 4.53. The Morgan fingerprint density at radius 2 is 2.05 bits per heavy atom. The minimum Gasteiger partial charge on any atom is -0.481 e. The van der Waals surface area contributed by atoms with E-state index in [0.29, 0.717) is 16.5 Å². The third-order valence-electron chi connectivity index (χ3n) is 2.89. The van der Waals surface area contributed by atoms with Gasteiger partial charge in [-0.15, -0.1) is 0 Å². The number of carbonyl (C=O) groups is 2. The summed E-state index contributed by atoms with van der Waals surface area (Å²) >= 11 is 0. The Hall–Kier alpha value is -3.14. The van der Waals surface area contributed by atoms with E-state index in [1.807, 2.05) is 6.07 Å². The van der Waals surface area contributed by atoms with Crippen molar-refractivity contribution in [2.75, 3.05) is 20.8 Å². The maximum Gasteiger partial charge on any atom is 0.356 e. The average molecular weight is 300 g/mol. The van der Waals surface area contributed by atoms with E-state index in [9.17, 15) is 14.9 Å². The van der Waals surface area contributed by atoms with E-state index >= 15 is 0 Å². The monoisotopic (exact) mass is 300 g/mol. The van der Waals surface area contributed by atoms with Crippen LogP contribution >= 0.6 is 0 Å². The summed E-state index contributed by atoms with van der Waals surface area (Å²) in [6.45, 7) is -0.351. The van der Waals surface area contributed by atoms with Crippen molar-refractivity contribution in [2.24, 2.45) is 0 Å². The van der Waals surface area contributed by atoms with Crippen LogP contribution in [0.15, 0.2) is 24.3 Å². The SMILES string of the molecule is COC(=O)COc1cc(C(=O)OC)nc2cccc(C#N)c12. The second-order valence-corrected chi connectivity index (χ2v) is 4.17. The van der Waals surface area contributed by atoms with Crippen LogP contribution < -0.4 is 4.74 Å². The molecule has 7 nitrogen and oxygen atoms in total. The third kappa shape index (κ3) is 2.96. The Bertz CT molecular complexity index is 779. The van der Waals surface area contributed by atoms with Crippen LogP contribution in [0.2, 0.25) is 0 Å². The molecule has 1 aromatic carbocycles. The summed E-state index contributed by atoms with van der Waals surface area (Å²) in [6.07, 6.45) is 0. The molecule has 0 spiro atoms. The van der Waals surface area contributed by atoms with Gasteiger partial charge in [0.2, 0.25) is 0 Å². The number of nitriles is 1. The first-order valence-electron chi connectivity index (χ1n) is 6.22. The van der Waals surface area contributed by atoms with Gasteiger partial charge in [0.05, 0.1) is 36.8 Å². The molecule has 0 N–H and O–H groups in total. The van der Waals surface area contributed by atoms with Crippen molar-refractivity contribution in [3.8, 4) is 11.8 Å². The van der Waals surface area contributed by atoms with Crippen molar-refractivity contribution in [1.29, 1.82) is 5.26 Å². The number of fused-ring (bicyclic) bond motifs is 1. The van der Waals surface area contributed by atoms with Gasteiger partial charge in [-0.05, 0) is 12.1 Å². The highest BCUT2D eigenvalue weighted by Crippen LogP contribution is 2.29. The highest BCUT2D eigenvalue weighted by Gasteiger charge is 2.16. The van der Waals surface area contributed by atoms with E-state index < -0.39 is 11.9 Å². The van der Waals surface area contributed by atoms with Gasteiger partial charge in [0.15, 0.2) is 12.3 Å². The highest BCUT2D eigenvalue weighted by atomic mass is 16.6. The Balaban J connectivity index is 2.60. The molecule has 0 atom stereocenters. The first-order chi connectivity index (χ1) is 10.6. The molecule has 0 fully saturated rings. The molecule has 2 aromatic rings. The lowest BCUT2D eigenvalue weighted by Gasteiger charge is -2.11. The fourth-order valence-electron chi connectivity index (χ4n) is 1.86. The number of hydrogen-bond acceptors (Lipinski definition) is 7. The topological polar surface area (TPSA) is 98.5 Å². The molecular weight excluding hydrogens is 288 g/mol. The second-order valence-electron chi connectivity index (χ2n) is 4.17. The van der Waals surface area contributed by atoms with Gasteiger partial charge in [-0.3, -0.25) is 0 Å². The Morgan fingerprint density at radius 3 is 2.68 bits per heavy atom. The number of nitrogens with zero attached hydrogens (tertiary/aromatic N) is 2. The summed E-state index contributed by atoms with van der Waals surface area (Å²) in [7, 11) is 2.46. The summed E-state index contributed by atoms with van der Waals surface area (Å²) in [5.74, 6) is -1.04. The molecule has 0 aliphatic rings. The van der Waals surface area contributed by atoms with Gasteiger partial charge in [0.1, 0.15) is 5.75 Å². The summed E-state index contributed by atoms with van der Waals surface area (Å²) in [6, 6.07) is 8.21. The standard InChI is InChI=1S/C15H12N2O5/c1-20-13(18)8-22-12-6-11(15(19)21-2)17-10-5-3-4-9(7-16)14(10)12/h3-6H,8H2,1-2H3. The maximum absolute atomic E-state index is 11.7. The van der Waals surface area contributed by atoms with Gasteiger partial charge in [-0.1, -0.05) is 6.07 Å². The Morgan fingerprint density at radius 1 is 1.27 bits per heavy atom. The number of carbonyl (C=O) groups excluding carboxylic acids is 2. The van der Waals surface area contributed by atoms with E-state index in [1.165, 1.54) is 20.3 Å². The molecule has 2 rings (SSSR count). The molecule has 0 amide bonds. The first-order valence-corrected chi connectivity index (χ1v) is 6.22. The second kappa shape index (κ2) is 6.54. The number of ether oxygens (including phenoxy) is 3. The van der Waals surface area contributed by atoms with E-state index in [0.717, 1.165) is 0 Å². The molecule has 0 aliphatic carbocycles. The number of methoxy groups -OCH3 is 2. The van der Waals surface area contributed by atoms with Crippen molar-refractivity contribution >= 4 is 22.8 Å². The van der Waals surface area contributed by atoms with E-state index in [4.69, 9.17) is 4.74 Å². The largest absolute Gasteiger partial charge is 0.481 e. The Labute approximate surface area is 126 Å². The predicted molar refractivity (Wildman–Crippen MR) is 75.3 cm³/mol. The number of esters is 2. The number of hydrogen-bond donors (Lipinski definition) is 0. The molecule has 0 bridgehead atoms. The number of benzene rings is 1. The van der Waals surface area contributed by atoms with Crippen LogP contribution in [0.3, 0.4) is 0 Å². The maximum atomic E-state index is 11.7. The summed E-state index contributed by atoms with van der Waals surface area (Å²) in [5, 5.41) is 9.61. The van der Waals surface area contributed by atoms with Gasteiger partial charge in [0, 0.05) is 6.07 Å². The summed E-state index contributed by atoms with van der Waals surface area (Å²) < 4.78 is 14.5. The molecule has 0 radical (unpaired) electrons. The van der Waals surface area contributed by atoms with Gasteiger partial charge < -0.3 is 14.2 Å². The fourth-order valence-corrected chi connectivity index (χ4v) is 1.86. The van der Waals surface area contributed by atoms with E-state index in [-0.39, 0.29) is 18.1 Å². The van der Waals surface area contributed by atoms with Crippen molar-refractivity contribution in [3.05, 3.63) is 35.5 Å². The van der Waals surface area contributed by atoms with Crippen LogP contribution in [0.5, 0.6) is 5.75 Å². The summed E-state index contributed by atoms with van der Waals surface area (Å²) in [4.78, 5) is 27.0. The van der Waals surface area contributed by atoms with Gasteiger partial charge >= 0.3 is 11.9 Å². The predicted octanol–water partition coefficient (Wildman–Crippen LogP) is 1.44. The van der Waals surface area contributed by atoms with Crippen molar-refractivity contribution in [2.45, 2.75) is 0 Å². The number of pyridine rings is 1. The lowest BCUT2D eigenvalue weighted by atomic mass is 10.1. The van der Waals surface area contributed by atoms with Gasteiger partial charge in [-0.2, -0.15) is 5.26 Å². The molecule has 0 saturated carbocycles. The van der Waals surface area contributed by atoms with Crippen LogP contribution in [0, 0.1) is 11.3 Å². The van der Waals surface area contributed by atoms with Gasteiger partial charge in [-0.25, -0.2) is 14.6 Å². The molecule has 0 aliphatic heterocycles. The van der Waals surface area contributed by atoms with Gasteiger partial charge in [0.25, 0.3) is 0 Å². The average Bonchev–Trinajstić information content (AvgIpc) is 2.57.